The first-order chi connectivity index (χ1) is 12.1. The lowest BCUT2D eigenvalue weighted by Gasteiger charge is -2.08. The number of carbonyl (C=O) groups excluding carboxylic acids is 1. The van der Waals surface area contributed by atoms with Gasteiger partial charge >= 0.3 is 0 Å². The molecule has 0 bridgehead atoms. The zero-order valence-corrected chi connectivity index (χ0v) is 14.5. The van der Waals surface area contributed by atoms with E-state index in [9.17, 15) is 9.59 Å². The largest absolute Gasteiger partial charge is 0.350 e. The van der Waals surface area contributed by atoms with Crippen LogP contribution in [-0.4, -0.2) is 20.1 Å². The average molecular weight is 373 g/mol. The summed E-state index contributed by atoms with van der Waals surface area (Å²) in [6.45, 7) is 0.162. The van der Waals surface area contributed by atoms with Crippen molar-refractivity contribution < 1.29 is 4.79 Å². The molecule has 0 fully saturated rings. The van der Waals surface area contributed by atoms with Gasteiger partial charge in [0.05, 0.1) is 10.2 Å². The Morgan fingerprint density at radius 1 is 1.24 bits per heavy atom. The molecule has 4 rings (SSSR count). The molecule has 1 aromatic carbocycles. The lowest BCUT2D eigenvalue weighted by Crippen LogP contribution is -2.34. The van der Waals surface area contributed by atoms with E-state index in [1.54, 1.807) is 28.1 Å². The number of nitrogens with zero attached hydrogens (tertiary/aromatic N) is 3. The normalized spacial score (nSPS) is 11.2. The van der Waals surface area contributed by atoms with E-state index in [2.05, 4.69) is 10.4 Å². The molecule has 3 aromatic heterocycles. The van der Waals surface area contributed by atoms with Crippen LogP contribution in [0.4, 0.5) is 0 Å². The van der Waals surface area contributed by atoms with Crippen LogP contribution in [0.3, 0.4) is 0 Å². The van der Waals surface area contributed by atoms with Gasteiger partial charge in [-0.3, -0.25) is 14.0 Å². The molecule has 126 valence electrons. The summed E-state index contributed by atoms with van der Waals surface area (Å²) >= 11 is 7.63. The predicted octanol–water partition coefficient (Wildman–Crippen LogP) is 2.68. The number of rotatable bonds is 4. The molecule has 3 heterocycles. The van der Waals surface area contributed by atoms with Crippen LogP contribution in [0.2, 0.25) is 5.02 Å². The maximum Gasteiger partial charge on any atom is 0.291 e. The van der Waals surface area contributed by atoms with E-state index in [1.165, 1.54) is 4.68 Å². The number of aromatic nitrogens is 3. The average Bonchev–Trinajstić information content (AvgIpc) is 3.18. The van der Waals surface area contributed by atoms with Gasteiger partial charge in [-0.2, -0.15) is 5.10 Å². The van der Waals surface area contributed by atoms with Gasteiger partial charge in [0.15, 0.2) is 0 Å². The predicted molar refractivity (Wildman–Crippen MR) is 98.1 cm³/mol. The molecule has 0 unspecified atom stereocenters. The van der Waals surface area contributed by atoms with Crippen molar-refractivity contribution in [3.63, 3.8) is 0 Å². The Bertz CT molecular complexity index is 1140. The third kappa shape index (κ3) is 2.92. The van der Waals surface area contributed by atoms with E-state index in [0.717, 1.165) is 15.8 Å². The molecule has 0 saturated carbocycles. The van der Waals surface area contributed by atoms with Crippen LogP contribution >= 0.6 is 22.9 Å². The zero-order chi connectivity index (χ0) is 17.4. The Hall–Kier alpha value is -2.64. The molecule has 0 saturated heterocycles. The lowest BCUT2D eigenvalue weighted by atomic mass is 10.2. The third-order valence-electron chi connectivity index (χ3n) is 3.95. The summed E-state index contributed by atoms with van der Waals surface area (Å²) in [5, 5.41) is 9.42. The molecular formula is C17H13ClN4O2S. The van der Waals surface area contributed by atoms with Crippen molar-refractivity contribution in [3.05, 3.63) is 69.0 Å². The smallest absolute Gasteiger partial charge is 0.291 e. The van der Waals surface area contributed by atoms with E-state index in [0.29, 0.717) is 17.1 Å². The Morgan fingerprint density at radius 2 is 2.08 bits per heavy atom. The van der Waals surface area contributed by atoms with Crippen molar-refractivity contribution in [2.45, 2.75) is 13.1 Å². The van der Waals surface area contributed by atoms with Crippen LogP contribution in [0, 0.1) is 0 Å². The molecule has 0 spiro atoms. The second-order valence-corrected chi connectivity index (χ2v) is 6.89. The van der Waals surface area contributed by atoms with Gasteiger partial charge in [0.1, 0.15) is 18.4 Å². The summed E-state index contributed by atoms with van der Waals surface area (Å²) in [6, 6.07) is 11.0. The number of amides is 1. The van der Waals surface area contributed by atoms with Crippen LogP contribution in [0.5, 0.6) is 0 Å². The maximum atomic E-state index is 12.5. The first-order valence-electron chi connectivity index (χ1n) is 7.58. The molecule has 0 radical (unpaired) electrons. The highest BCUT2D eigenvalue weighted by atomic mass is 35.5. The van der Waals surface area contributed by atoms with Gasteiger partial charge in [0, 0.05) is 11.6 Å². The second kappa shape index (κ2) is 6.34. The van der Waals surface area contributed by atoms with Gasteiger partial charge in [-0.25, -0.2) is 4.68 Å². The molecule has 0 aliphatic carbocycles. The minimum Gasteiger partial charge on any atom is -0.350 e. The highest BCUT2D eigenvalue weighted by Gasteiger charge is 2.12. The molecule has 8 heteroatoms. The monoisotopic (exact) mass is 372 g/mol. The van der Waals surface area contributed by atoms with Crippen LogP contribution < -0.4 is 10.9 Å². The van der Waals surface area contributed by atoms with Crippen molar-refractivity contribution >= 4 is 44.6 Å². The van der Waals surface area contributed by atoms with E-state index in [1.807, 2.05) is 35.7 Å². The molecule has 0 aliphatic heterocycles. The summed E-state index contributed by atoms with van der Waals surface area (Å²) < 4.78 is 3.92. The number of nitrogens with one attached hydrogen (secondary N) is 1. The minimum atomic E-state index is -0.299. The molecule has 1 amide bonds. The van der Waals surface area contributed by atoms with Crippen LogP contribution in [0.25, 0.3) is 15.7 Å². The van der Waals surface area contributed by atoms with Crippen molar-refractivity contribution in [2.75, 3.05) is 0 Å². The number of carbonyl (C=O) groups is 1. The fourth-order valence-electron chi connectivity index (χ4n) is 2.67. The maximum absolute atomic E-state index is 12.5. The van der Waals surface area contributed by atoms with Gasteiger partial charge < -0.3 is 5.32 Å². The fourth-order valence-corrected chi connectivity index (χ4v) is 3.69. The van der Waals surface area contributed by atoms with Gasteiger partial charge in [-0.1, -0.05) is 29.8 Å². The topological polar surface area (TPSA) is 68.4 Å². The first kappa shape index (κ1) is 15.9. The molecule has 1 N–H and O–H groups in total. The Balaban J connectivity index is 1.54. The van der Waals surface area contributed by atoms with Crippen molar-refractivity contribution in [2.24, 2.45) is 0 Å². The highest BCUT2D eigenvalue weighted by Crippen LogP contribution is 2.23. The quantitative estimate of drug-likeness (QED) is 0.599. The van der Waals surface area contributed by atoms with Gasteiger partial charge in [-0.05, 0) is 29.1 Å². The number of benzene rings is 1. The van der Waals surface area contributed by atoms with E-state index in [-0.39, 0.29) is 18.0 Å². The Kier molecular flexibility index (Phi) is 4.03. The van der Waals surface area contributed by atoms with Crippen LogP contribution in [0.15, 0.2) is 52.9 Å². The third-order valence-corrected chi connectivity index (χ3v) is 5.17. The van der Waals surface area contributed by atoms with Gasteiger partial charge in [-0.15, -0.1) is 11.3 Å². The second-order valence-electron chi connectivity index (χ2n) is 5.53. The Morgan fingerprint density at radius 3 is 2.92 bits per heavy atom. The van der Waals surface area contributed by atoms with Crippen molar-refractivity contribution in [1.29, 1.82) is 0 Å². The molecule has 0 atom stereocenters. The van der Waals surface area contributed by atoms with Crippen molar-refractivity contribution in [3.8, 4) is 0 Å². The fraction of sp³-hybridized carbons (Fsp3) is 0.118. The molecule has 25 heavy (non-hydrogen) atoms. The van der Waals surface area contributed by atoms with E-state index in [4.69, 9.17) is 11.6 Å². The molecule has 6 nitrogen and oxygen atoms in total. The van der Waals surface area contributed by atoms with E-state index >= 15 is 0 Å². The number of fused-ring (bicyclic) bond motifs is 3. The van der Waals surface area contributed by atoms with Crippen LogP contribution in [-0.2, 0) is 17.9 Å². The summed E-state index contributed by atoms with van der Waals surface area (Å²) in [5.74, 6) is -0.299. The Labute approximate surface area is 151 Å². The van der Waals surface area contributed by atoms with Crippen LogP contribution in [0.1, 0.15) is 5.56 Å². The molecule has 4 aromatic rings. The summed E-state index contributed by atoms with van der Waals surface area (Å²) in [7, 11) is 0. The summed E-state index contributed by atoms with van der Waals surface area (Å²) in [6.07, 6.45) is 1.56. The van der Waals surface area contributed by atoms with Crippen molar-refractivity contribution in [1.82, 2.24) is 19.5 Å². The standard InChI is InChI=1S/C17H13ClN4O2S/c18-12-4-2-1-3-11(12)8-19-16(23)9-22-17(24)14-7-15-13(5-6-25-15)21(14)10-20-22/h1-7,10H,8-9H2,(H,19,23). The summed E-state index contributed by atoms with van der Waals surface area (Å²) in [5.41, 5.74) is 1.98. The first-order valence-corrected chi connectivity index (χ1v) is 8.84. The SMILES string of the molecule is O=C(Cn1ncn2c(cc3sccc32)c1=O)NCc1ccccc1Cl. The minimum absolute atomic E-state index is 0.140. The number of hydrogen-bond acceptors (Lipinski definition) is 4. The zero-order valence-electron chi connectivity index (χ0n) is 13.0. The number of thiophene rings is 1. The van der Waals surface area contributed by atoms with Gasteiger partial charge in [0.25, 0.3) is 5.56 Å². The summed E-state index contributed by atoms with van der Waals surface area (Å²) in [4.78, 5) is 24.7. The highest BCUT2D eigenvalue weighted by molar-refractivity contribution is 7.17. The number of hydrogen-bond donors (Lipinski definition) is 1. The van der Waals surface area contributed by atoms with E-state index < -0.39 is 0 Å². The molecular weight excluding hydrogens is 360 g/mol. The molecule has 0 aliphatic rings. The van der Waals surface area contributed by atoms with Gasteiger partial charge in [0.2, 0.25) is 5.91 Å². The number of halogens is 1. The lowest BCUT2D eigenvalue weighted by molar-refractivity contribution is -0.122.